The van der Waals surface area contributed by atoms with E-state index in [4.69, 9.17) is 5.73 Å². The van der Waals surface area contributed by atoms with Crippen molar-refractivity contribution in [3.8, 4) is 0 Å². The first-order chi connectivity index (χ1) is 5.24. The number of Topliss-reactive ketones (excluding diaryl/α,β-unsaturated/α-hetero) is 1. The van der Waals surface area contributed by atoms with Crippen LogP contribution in [0.1, 0.15) is 30.4 Å². The average molecular weight is 155 g/mol. The molecular weight excluding hydrogens is 146 g/mol. The summed E-state index contributed by atoms with van der Waals surface area (Å²) in [5, 5.41) is 3.37. The molecule has 0 saturated heterocycles. The maximum atomic E-state index is 11.0. The maximum Gasteiger partial charge on any atom is 0.319 e. The highest BCUT2D eigenvalue weighted by Gasteiger charge is 2.10. The minimum Gasteiger partial charge on any atom is -0.351 e. The van der Waals surface area contributed by atoms with E-state index in [1.54, 1.807) is 0 Å². The lowest BCUT2D eigenvalue weighted by molar-refractivity contribution is 0.0969. The fraction of sp³-hybridized carbons (Fsp3) is 0.500. The van der Waals surface area contributed by atoms with Gasteiger partial charge in [0, 0.05) is 6.42 Å². The Hall–Kier alpha value is -1.39. The van der Waals surface area contributed by atoms with Crippen molar-refractivity contribution < 1.29 is 9.32 Å². The third-order valence-electron chi connectivity index (χ3n) is 1.17. The molecule has 1 aromatic heterocycles. The summed E-state index contributed by atoms with van der Waals surface area (Å²) in [4.78, 5) is 14.6. The van der Waals surface area contributed by atoms with Gasteiger partial charge in [-0.1, -0.05) is 12.1 Å². The highest BCUT2D eigenvalue weighted by molar-refractivity contribution is 5.92. The molecule has 0 aromatic carbocycles. The second-order valence-corrected chi connectivity index (χ2v) is 2.13. The van der Waals surface area contributed by atoms with Crippen LogP contribution in [0.2, 0.25) is 0 Å². The summed E-state index contributed by atoms with van der Waals surface area (Å²) >= 11 is 0. The largest absolute Gasteiger partial charge is 0.351 e. The van der Waals surface area contributed by atoms with Gasteiger partial charge in [-0.25, -0.2) is 0 Å². The van der Waals surface area contributed by atoms with E-state index in [1.807, 2.05) is 6.92 Å². The van der Waals surface area contributed by atoms with E-state index in [9.17, 15) is 4.79 Å². The zero-order valence-electron chi connectivity index (χ0n) is 6.20. The van der Waals surface area contributed by atoms with Gasteiger partial charge in [0.05, 0.1) is 0 Å². The number of hydrogen-bond donors (Lipinski definition) is 1. The molecule has 0 bridgehead atoms. The van der Waals surface area contributed by atoms with Crippen LogP contribution in [-0.4, -0.2) is 15.9 Å². The molecule has 0 unspecified atom stereocenters. The molecule has 1 heterocycles. The monoisotopic (exact) mass is 155 g/mol. The van der Waals surface area contributed by atoms with E-state index >= 15 is 0 Å². The molecule has 0 saturated carbocycles. The lowest BCUT2D eigenvalue weighted by Gasteiger charge is -1.87. The van der Waals surface area contributed by atoms with Crippen LogP contribution in [0.3, 0.4) is 0 Å². The van der Waals surface area contributed by atoms with Crippen LogP contribution in [0, 0.1) is 0 Å². The molecule has 0 spiro atoms. The van der Waals surface area contributed by atoms with E-state index in [0.717, 1.165) is 6.42 Å². The van der Waals surface area contributed by atoms with Crippen molar-refractivity contribution in [3.05, 3.63) is 5.82 Å². The topological polar surface area (TPSA) is 82.0 Å². The number of anilines is 1. The lowest BCUT2D eigenvalue weighted by atomic mass is 10.2. The van der Waals surface area contributed by atoms with Crippen molar-refractivity contribution >= 4 is 11.8 Å². The van der Waals surface area contributed by atoms with Crippen LogP contribution in [0.15, 0.2) is 4.52 Å². The predicted molar refractivity (Wildman–Crippen MR) is 37.9 cm³/mol. The van der Waals surface area contributed by atoms with Crippen molar-refractivity contribution in [2.45, 2.75) is 19.8 Å². The number of nitrogens with two attached hydrogens (primary N) is 1. The highest BCUT2D eigenvalue weighted by atomic mass is 16.5. The lowest BCUT2D eigenvalue weighted by Crippen LogP contribution is -2.00. The molecule has 0 aliphatic rings. The Balaban J connectivity index is 2.69. The van der Waals surface area contributed by atoms with E-state index in [1.165, 1.54) is 0 Å². The highest BCUT2D eigenvalue weighted by Crippen LogP contribution is 2.02. The van der Waals surface area contributed by atoms with E-state index in [0.29, 0.717) is 6.42 Å². The first-order valence-corrected chi connectivity index (χ1v) is 3.36. The minimum absolute atomic E-state index is 0.0653. The summed E-state index contributed by atoms with van der Waals surface area (Å²) < 4.78 is 4.43. The standard InChI is InChI=1S/C6H9N3O2/c1-2-3-4(10)5-8-6(7)11-9-5/h2-3H2,1H3,(H2,7,8,9). The Morgan fingerprint density at radius 2 is 2.45 bits per heavy atom. The zero-order valence-corrected chi connectivity index (χ0v) is 6.20. The molecule has 0 radical (unpaired) electrons. The van der Waals surface area contributed by atoms with Gasteiger partial charge in [0.2, 0.25) is 11.6 Å². The number of ketones is 1. The van der Waals surface area contributed by atoms with Crippen LogP contribution in [0.5, 0.6) is 0 Å². The van der Waals surface area contributed by atoms with E-state index in [-0.39, 0.29) is 17.6 Å². The average Bonchev–Trinajstić information content (AvgIpc) is 2.36. The molecule has 2 N–H and O–H groups in total. The molecule has 11 heavy (non-hydrogen) atoms. The van der Waals surface area contributed by atoms with Gasteiger partial charge in [-0.15, -0.1) is 0 Å². The number of rotatable bonds is 3. The van der Waals surface area contributed by atoms with Crippen molar-refractivity contribution in [2.75, 3.05) is 5.73 Å². The van der Waals surface area contributed by atoms with Gasteiger partial charge in [-0.3, -0.25) is 4.79 Å². The molecular formula is C6H9N3O2. The Bertz CT molecular complexity index is 256. The molecule has 5 heteroatoms. The Morgan fingerprint density at radius 1 is 1.73 bits per heavy atom. The summed E-state index contributed by atoms with van der Waals surface area (Å²) in [6.07, 6.45) is 1.20. The molecule has 0 atom stereocenters. The summed E-state index contributed by atoms with van der Waals surface area (Å²) in [6.45, 7) is 1.90. The van der Waals surface area contributed by atoms with Crippen LogP contribution < -0.4 is 5.73 Å². The molecule has 5 nitrogen and oxygen atoms in total. The summed E-state index contributed by atoms with van der Waals surface area (Å²) in [7, 11) is 0. The quantitative estimate of drug-likeness (QED) is 0.647. The molecule has 0 amide bonds. The second-order valence-electron chi connectivity index (χ2n) is 2.13. The Kier molecular flexibility index (Phi) is 2.20. The van der Waals surface area contributed by atoms with Crippen molar-refractivity contribution in [1.82, 2.24) is 10.1 Å². The summed E-state index contributed by atoms with van der Waals surface area (Å²) in [6, 6.07) is -0.0653. The first kappa shape index (κ1) is 7.71. The van der Waals surface area contributed by atoms with E-state index < -0.39 is 0 Å². The predicted octanol–water partition coefficient (Wildman–Crippen LogP) is 0.635. The molecule has 1 aromatic rings. The van der Waals surface area contributed by atoms with Gasteiger partial charge in [0.1, 0.15) is 0 Å². The number of nitrogen functional groups attached to an aromatic ring is 1. The maximum absolute atomic E-state index is 11.0. The van der Waals surface area contributed by atoms with Crippen LogP contribution in [0.4, 0.5) is 6.01 Å². The van der Waals surface area contributed by atoms with Crippen molar-refractivity contribution in [1.29, 1.82) is 0 Å². The molecule has 0 fully saturated rings. The van der Waals surface area contributed by atoms with Crippen molar-refractivity contribution in [2.24, 2.45) is 0 Å². The number of nitrogens with zero attached hydrogens (tertiary/aromatic N) is 2. The van der Waals surface area contributed by atoms with Crippen LogP contribution >= 0.6 is 0 Å². The number of aromatic nitrogens is 2. The SMILES string of the molecule is CCCC(=O)c1noc(N)n1. The summed E-state index contributed by atoms with van der Waals surface area (Å²) in [5.41, 5.74) is 5.12. The fourth-order valence-corrected chi connectivity index (χ4v) is 0.687. The number of hydrogen-bond acceptors (Lipinski definition) is 5. The fourth-order valence-electron chi connectivity index (χ4n) is 0.687. The zero-order chi connectivity index (χ0) is 8.27. The normalized spacial score (nSPS) is 9.91. The van der Waals surface area contributed by atoms with E-state index in [2.05, 4.69) is 14.7 Å². The van der Waals surface area contributed by atoms with Crippen molar-refractivity contribution in [3.63, 3.8) is 0 Å². The smallest absolute Gasteiger partial charge is 0.319 e. The first-order valence-electron chi connectivity index (χ1n) is 3.36. The van der Waals surface area contributed by atoms with Gasteiger partial charge >= 0.3 is 6.01 Å². The van der Waals surface area contributed by atoms with Gasteiger partial charge < -0.3 is 10.3 Å². The van der Waals surface area contributed by atoms with Crippen LogP contribution in [-0.2, 0) is 0 Å². The van der Waals surface area contributed by atoms with Crippen LogP contribution in [0.25, 0.3) is 0 Å². The van der Waals surface area contributed by atoms with Gasteiger partial charge in [0.25, 0.3) is 0 Å². The van der Waals surface area contributed by atoms with Gasteiger partial charge in [-0.2, -0.15) is 4.98 Å². The number of carbonyl (C=O) groups is 1. The van der Waals surface area contributed by atoms with Gasteiger partial charge in [-0.05, 0) is 6.42 Å². The molecule has 0 aliphatic heterocycles. The third kappa shape index (κ3) is 1.76. The Morgan fingerprint density at radius 3 is 2.91 bits per heavy atom. The third-order valence-corrected chi connectivity index (χ3v) is 1.17. The second kappa shape index (κ2) is 3.14. The molecule has 0 aliphatic carbocycles. The molecule has 1 rings (SSSR count). The molecule has 60 valence electrons. The number of carbonyl (C=O) groups excluding carboxylic acids is 1. The summed E-state index contributed by atoms with van der Waals surface area (Å²) in [5.74, 6) is -0.0581. The minimum atomic E-state index is -0.132. The van der Waals surface area contributed by atoms with Gasteiger partial charge in [0.15, 0.2) is 0 Å². The Labute approximate surface area is 63.6 Å².